The van der Waals surface area contributed by atoms with Crippen LogP contribution in [0.2, 0.25) is 0 Å². The summed E-state index contributed by atoms with van der Waals surface area (Å²) in [5.41, 5.74) is 1.78. The van der Waals surface area contributed by atoms with Gasteiger partial charge in [0.15, 0.2) is 16.3 Å². The lowest BCUT2D eigenvalue weighted by Gasteiger charge is -2.18. The number of benzene rings is 1. The first-order chi connectivity index (χ1) is 13.2. The molecule has 0 fully saturated rings. The molecule has 0 unspecified atom stereocenters. The van der Waals surface area contributed by atoms with Gasteiger partial charge in [0, 0.05) is 17.8 Å². The number of nitrogens with two attached hydrogens (primary N) is 1. The molecule has 7 nitrogen and oxygen atoms in total. The zero-order valence-electron chi connectivity index (χ0n) is 15.6. The Hall–Kier alpha value is -2.36. The second-order valence-corrected chi connectivity index (χ2v) is 8.95. The van der Waals surface area contributed by atoms with Gasteiger partial charge in [-0.1, -0.05) is 18.7 Å². The van der Waals surface area contributed by atoms with Crippen LogP contribution in [-0.2, 0) is 10.0 Å². The summed E-state index contributed by atoms with van der Waals surface area (Å²) >= 11 is 1.43. The summed E-state index contributed by atoms with van der Waals surface area (Å²) in [6, 6.07) is 8.13. The lowest BCUT2D eigenvalue weighted by atomic mass is 10.0. The fourth-order valence-electron chi connectivity index (χ4n) is 2.86. The predicted octanol–water partition coefficient (Wildman–Crippen LogP) is 3.40. The van der Waals surface area contributed by atoms with Gasteiger partial charge in [0.1, 0.15) is 11.7 Å². The van der Waals surface area contributed by atoms with E-state index in [2.05, 4.69) is 4.98 Å². The highest BCUT2D eigenvalue weighted by Crippen LogP contribution is 2.32. The molecule has 2 heterocycles. The number of pyridine rings is 1. The van der Waals surface area contributed by atoms with Crippen LogP contribution in [0.3, 0.4) is 0 Å². The second-order valence-electron chi connectivity index (χ2n) is 6.21. The predicted molar refractivity (Wildman–Crippen MR) is 108 cm³/mol. The smallest absolute Gasteiger partial charge is 0.259 e. The molecule has 3 rings (SSSR count). The van der Waals surface area contributed by atoms with Gasteiger partial charge in [-0.25, -0.2) is 18.5 Å². The van der Waals surface area contributed by atoms with Crippen molar-refractivity contribution in [2.45, 2.75) is 37.0 Å². The minimum absolute atomic E-state index is 0.0357. The molecule has 9 heteroatoms. The lowest BCUT2D eigenvalue weighted by molar-refractivity contribution is 0.218. The van der Waals surface area contributed by atoms with Crippen molar-refractivity contribution in [3.05, 3.63) is 57.9 Å². The fraction of sp³-hybridized carbons (Fsp3) is 0.263. The van der Waals surface area contributed by atoms with E-state index in [-0.39, 0.29) is 16.2 Å². The summed E-state index contributed by atoms with van der Waals surface area (Å²) in [4.78, 5) is 16.3. The zero-order valence-corrected chi connectivity index (χ0v) is 17.3. The molecule has 1 atom stereocenters. The number of hydrogen-bond donors (Lipinski definition) is 1. The van der Waals surface area contributed by atoms with Gasteiger partial charge in [-0.3, -0.25) is 4.79 Å². The summed E-state index contributed by atoms with van der Waals surface area (Å²) in [7, 11) is -4.05. The summed E-state index contributed by atoms with van der Waals surface area (Å²) in [6.07, 6.45) is 0.712. The SMILES string of the molecule is CCSc1cc(=O)c2cc(C)cc([C@@H](C)Oc3cccnc3S(N)(=O)=O)c2o1. The van der Waals surface area contributed by atoms with E-state index in [0.29, 0.717) is 21.6 Å². The molecule has 0 saturated carbocycles. The highest BCUT2D eigenvalue weighted by atomic mass is 32.2. The van der Waals surface area contributed by atoms with Crippen LogP contribution >= 0.6 is 11.8 Å². The summed E-state index contributed by atoms with van der Waals surface area (Å²) in [5, 5.41) is 5.85. The van der Waals surface area contributed by atoms with E-state index in [1.54, 1.807) is 19.1 Å². The van der Waals surface area contributed by atoms with Crippen LogP contribution in [0.25, 0.3) is 11.0 Å². The third-order valence-electron chi connectivity index (χ3n) is 4.01. The molecule has 0 bridgehead atoms. The zero-order chi connectivity index (χ0) is 20.5. The number of thioether (sulfide) groups is 1. The van der Waals surface area contributed by atoms with Crippen LogP contribution in [-0.4, -0.2) is 19.2 Å². The Labute approximate surface area is 167 Å². The number of rotatable bonds is 6. The number of nitrogens with zero attached hydrogens (tertiary/aromatic N) is 1. The maximum Gasteiger partial charge on any atom is 0.259 e. The molecule has 0 spiro atoms. The van der Waals surface area contributed by atoms with Crippen LogP contribution < -0.4 is 15.3 Å². The molecule has 148 valence electrons. The van der Waals surface area contributed by atoms with Gasteiger partial charge in [0.25, 0.3) is 10.0 Å². The van der Waals surface area contributed by atoms with Crippen LogP contribution in [0.1, 0.15) is 31.1 Å². The van der Waals surface area contributed by atoms with Gasteiger partial charge in [-0.05, 0) is 49.4 Å². The van der Waals surface area contributed by atoms with Crippen molar-refractivity contribution < 1.29 is 17.6 Å². The van der Waals surface area contributed by atoms with E-state index in [1.165, 1.54) is 30.1 Å². The van der Waals surface area contributed by atoms with Gasteiger partial charge in [0.05, 0.1) is 5.39 Å². The Bertz CT molecular complexity index is 1190. The van der Waals surface area contributed by atoms with E-state index in [1.807, 2.05) is 19.9 Å². The van der Waals surface area contributed by atoms with Crippen LogP contribution in [0.5, 0.6) is 5.75 Å². The first-order valence-electron chi connectivity index (χ1n) is 8.56. The first-order valence-corrected chi connectivity index (χ1v) is 11.1. The van der Waals surface area contributed by atoms with E-state index >= 15 is 0 Å². The molecule has 0 radical (unpaired) electrons. The van der Waals surface area contributed by atoms with Crippen molar-refractivity contribution in [2.24, 2.45) is 5.14 Å². The van der Waals surface area contributed by atoms with Crippen molar-refractivity contribution in [2.75, 3.05) is 5.75 Å². The molecule has 3 aromatic rings. The summed E-state index contributed by atoms with van der Waals surface area (Å²) in [6.45, 7) is 5.57. The van der Waals surface area contributed by atoms with Crippen LogP contribution in [0, 0.1) is 6.92 Å². The van der Waals surface area contributed by atoms with E-state index < -0.39 is 16.1 Å². The topological polar surface area (TPSA) is 112 Å². The fourth-order valence-corrected chi connectivity index (χ4v) is 4.08. The molecule has 1 aromatic carbocycles. The van der Waals surface area contributed by atoms with Crippen molar-refractivity contribution >= 4 is 32.8 Å². The molecular formula is C19H20N2O5S2. The first kappa shape index (κ1) is 20.4. The molecule has 0 aliphatic rings. The molecule has 2 aromatic heterocycles. The maximum absolute atomic E-state index is 12.5. The van der Waals surface area contributed by atoms with Gasteiger partial charge < -0.3 is 9.15 Å². The lowest BCUT2D eigenvalue weighted by Crippen LogP contribution is -2.16. The largest absolute Gasteiger partial charge is 0.483 e. The normalized spacial score (nSPS) is 12.9. The number of ether oxygens (including phenoxy) is 1. The average Bonchev–Trinajstić information content (AvgIpc) is 2.61. The van der Waals surface area contributed by atoms with Gasteiger partial charge >= 0.3 is 0 Å². The number of hydrogen-bond acceptors (Lipinski definition) is 7. The maximum atomic E-state index is 12.5. The molecule has 0 aliphatic carbocycles. The van der Waals surface area contributed by atoms with Crippen molar-refractivity contribution in [3.8, 4) is 5.75 Å². The number of fused-ring (bicyclic) bond motifs is 1. The quantitative estimate of drug-likeness (QED) is 0.608. The van der Waals surface area contributed by atoms with Crippen LogP contribution in [0.15, 0.2) is 55.9 Å². The van der Waals surface area contributed by atoms with Crippen molar-refractivity contribution in [3.63, 3.8) is 0 Å². The van der Waals surface area contributed by atoms with E-state index in [0.717, 1.165) is 11.3 Å². The molecule has 28 heavy (non-hydrogen) atoms. The van der Waals surface area contributed by atoms with Crippen molar-refractivity contribution in [1.82, 2.24) is 4.98 Å². The number of aromatic nitrogens is 1. The monoisotopic (exact) mass is 420 g/mol. The number of sulfonamides is 1. The standard InChI is InChI=1S/C19H20N2O5S2/c1-4-27-17-10-15(22)14-9-11(2)8-13(18(14)26-17)12(3)25-16-6-5-7-21-19(16)28(20,23)24/h5-10,12H,4H2,1-3H3,(H2,20,23,24)/t12-/m1/s1. The highest BCUT2D eigenvalue weighted by molar-refractivity contribution is 7.99. The highest BCUT2D eigenvalue weighted by Gasteiger charge is 2.21. The number of primary sulfonamides is 1. The molecule has 0 aliphatic heterocycles. The molecule has 0 saturated heterocycles. The Morgan fingerprint density at radius 2 is 2.07 bits per heavy atom. The van der Waals surface area contributed by atoms with E-state index in [9.17, 15) is 13.2 Å². The third-order valence-corrected chi connectivity index (χ3v) is 5.63. The Balaban J connectivity index is 2.12. The van der Waals surface area contributed by atoms with E-state index in [4.69, 9.17) is 14.3 Å². The van der Waals surface area contributed by atoms with Gasteiger partial charge in [0.2, 0.25) is 5.03 Å². The van der Waals surface area contributed by atoms with Gasteiger partial charge in [-0.2, -0.15) is 0 Å². The minimum Gasteiger partial charge on any atom is -0.483 e. The van der Waals surface area contributed by atoms with Crippen LogP contribution in [0.4, 0.5) is 0 Å². The van der Waals surface area contributed by atoms with Gasteiger partial charge in [-0.15, -0.1) is 0 Å². The summed E-state index contributed by atoms with van der Waals surface area (Å²) in [5.74, 6) is 0.795. The second kappa shape index (κ2) is 7.94. The average molecular weight is 421 g/mol. The minimum atomic E-state index is -4.05. The number of aryl methyl sites for hydroxylation is 1. The Kier molecular flexibility index (Phi) is 5.78. The Morgan fingerprint density at radius 3 is 2.75 bits per heavy atom. The van der Waals surface area contributed by atoms with Crippen molar-refractivity contribution in [1.29, 1.82) is 0 Å². The molecule has 0 amide bonds. The summed E-state index contributed by atoms with van der Waals surface area (Å²) < 4.78 is 35.4. The molecular weight excluding hydrogens is 400 g/mol. The Morgan fingerprint density at radius 1 is 1.32 bits per heavy atom. The third kappa shape index (κ3) is 4.21. The molecule has 2 N–H and O–H groups in total.